The van der Waals surface area contributed by atoms with Crippen LogP contribution in [0.15, 0.2) is 57.0 Å². The highest BCUT2D eigenvalue weighted by Crippen LogP contribution is 2.26. The van der Waals surface area contributed by atoms with Gasteiger partial charge in [0.15, 0.2) is 0 Å². The van der Waals surface area contributed by atoms with Gasteiger partial charge in [0, 0.05) is 26.2 Å². The standard InChI is InChI=1S/C22H23FN4O4S2/c1-15-7-8-19(16(2)13-15)33(29,30)27-11-9-26(10-12-27)20(28)14-32-22-25-24-21(31-22)17-5-3-4-6-18(17)23/h3-8,13H,9-12,14H2,1-2H3. The summed E-state index contributed by atoms with van der Waals surface area (Å²) < 4.78 is 46.8. The van der Waals surface area contributed by atoms with E-state index < -0.39 is 15.8 Å². The third-order valence-corrected chi connectivity index (χ3v) is 8.23. The number of rotatable bonds is 6. The Morgan fingerprint density at radius 2 is 1.82 bits per heavy atom. The normalized spacial score (nSPS) is 15.1. The minimum absolute atomic E-state index is 0.0493. The van der Waals surface area contributed by atoms with Crippen LogP contribution >= 0.6 is 11.8 Å². The van der Waals surface area contributed by atoms with E-state index in [0.29, 0.717) is 23.5 Å². The Labute approximate surface area is 195 Å². The molecular formula is C22H23FN4O4S2. The second-order valence-electron chi connectivity index (χ2n) is 7.70. The van der Waals surface area contributed by atoms with E-state index >= 15 is 0 Å². The summed E-state index contributed by atoms with van der Waals surface area (Å²) in [6.07, 6.45) is 0. The first-order valence-electron chi connectivity index (χ1n) is 10.3. The fourth-order valence-corrected chi connectivity index (χ4v) is 5.93. The van der Waals surface area contributed by atoms with Crippen molar-refractivity contribution in [2.24, 2.45) is 0 Å². The molecule has 1 fully saturated rings. The maximum Gasteiger partial charge on any atom is 0.277 e. The Bertz CT molecular complexity index is 1270. The van der Waals surface area contributed by atoms with Crippen LogP contribution in [0.25, 0.3) is 11.5 Å². The van der Waals surface area contributed by atoms with Crippen LogP contribution in [0.3, 0.4) is 0 Å². The fraction of sp³-hybridized carbons (Fsp3) is 0.318. The summed E-state index contributed by atoms with van der Waals surface area (Å²) in [6.45, 7) is 4.75. The molecule has 2 heterocycles. The topological polar surface area (TPSA) is 96.6 Å². The van der Waals surface area contributed by atoms with Gasteiger partial charge in [0.1, 0.15) is 5.82 Å². The van der Waals surface area contributed by atoms with E-state index in [1.165, 1.54) is 16.4 Å². The van der Waals surface area contributed by atoms with E-state index in [1.807, 2.05) is 13.0 Å². The number of hydrogen-bond donors (Lipinski definition) is 0. The van der Waals surface area contributed by atoms with Gasteiger partial charge in [0.05, 0.1) is 16.2 Å². The van der Waals surface area contributed by atoms with Crippen LogP contribution in [-0.4, -0.2) is 65.7 Å². The Morgan fingerprint density at radius 1 is 1.09 bits per heavy atom. The predicted octanol–water partition coefficient (Wildman–Crippen LogP) is 3.12. The largest absolute Gasteiger partial charge is 0.411 e. The first-order valence-corrected chi connectivity index (χ1v) is 12.7. The average Bonchev–Trinajstić information content (AvgIpc) is 3.26. The average molecular weight is 491 g/mol. The van der Waals surface area contributed by atoms with Crippen molar-refractivity contribution in [2.45, 2.75) is 24.0 Å². The number of aromatic nitrogens is 2. The SMILES string of the molecule is Cc1ccc(S(=O)(=O)N2CCN(C(=O)CSc3nnc(-c4ccccc4F)o3)CC2)c(C)c1. The van der Waals surface area contributed by atoms with Gasteiger partial charge in [-0.25, -0.2) is 12.8 Å². The lowest BCUT2D eigenvalue weighted by atomic mass is 10.2. The molecule has 0 radical (unpaired) electrons. The van der Waals surface area contributed by atoms with Crippen molar-refractivity contribution in [3.05, 3.63) is 59.4 Å². The molecular weight excluding hydrogens is 467 g/mol. The van der Waals surface area contributed by atoms with Crippen LogP contribution in [0.2, 0.25) is 0 Å². The van der Waals surface area contributed by atoms with E-state index in [1.54, 1.807) is 36.1 Å². The van der Waals surface area contributed by atoms with Gasteiger partial charge in [0.2, 0.25) is 15.9 Å². The minimum atomic E-state index is -3.61. The van der Waals surface area contributed by atoms with Gasteiger partial charge < -0.3 is 9.32 Å². The number of aryl methyl sites for hydroxylation is 2. The minimum Gasteiger partial charge on any atom is -0.411 e. The van der Waals surface area contributed by atoms with E-state index in [2.05, 4.69) is 10.2 Å². The molecule has 174 valence electrons. The zero-order valence-corrected chi connectivity index (χ0v) is 19.8. The highest BCUT2D eigenvalue weighted by Gasteiger charge is 2.31. The van der Waals surface area contributed by atoms with Crippen molar-refractivity contribution in [3.63, 3.8) is 0 Å². The molecule has 0 bridgehead atoms. The van der Waals surface area contributed by atoms with Crippen molar-refractivity contribution < 1.29 is 22.0 Å². The predicted molar refractivity (Wildman–Crippen MR) is 122 cm³/mol. The number of nitrogens with zero attached hydrogens (tertiary/aromatic N) is 4. The molecule has 8 nitrogen and oxygen atoms in total. The molecule has 2 aromatic carbocycles. The van der Waals surface area contributed by atoms with Gasteiger partial charge in [-0.05, 0) is 37.6 Å². The molecule has 1 aliphatic rings. The van der Waals surface area contributed by atoms with Crippen molar-refractivity contribution in [1.29, 1.82) is 0 Å². The molecule has 0 saturated carbocycles. The molecule has 3 aromatic rings. The fourth-order valence-electron chi connectivity index (χ4n) is 3.63. The quantitative estimate of drug-likeness (QED) is 0.490. The maximum atomic E-state index is 13.9. The summed E-state index contributed by atoms with van der Waals surface area (Å²) in [4.78, 5) is 14.5. The Balaban J connectivity index is 1.32. The lowest BCUT2D eigenvalue weighted by Gasteiger charge is -2.34. The number of hydrogen-bond acceptors (Lipinski definition) is 7. The Morgan fingerprint density at radius 3 is 2.52 bits per heavy atom. The highest BCUT2D eigenvalue weighted by atomic mass is 32.2. The molecule has 1 aromatic heterocycles. The molecule has 0 unspecified atom stereocenters. The van der Waals surface area contributed by atoms with Crippen molar-refractivity contribution in [2.75, 3.05) is 31.9 Å². The summed E-state index contributed by atoms with van der Waals surface area (Å²) in [7, 11) is -3.61. The van der Waals surface area contributed by atoms with Gasteiger partial charge >= 0.3 is 0 Å². The number of halogens is 1. The zero-order chi connectivity index (χ0) is 23.6. The first-order chi connectivity index (χ1) is 15.8. The highest BCUT2D eigenvalue weighted by molar-refractivity contribution is 7.99. The summed E-state index contributed by atoms with van der Waals surface area (Å²) in [5, 5.41) is 7.87. The number of sulfonamides is 1. The van der Waals surface area contributed by atoms with Crippen molar-refractivity contribution in [1.82, 2.24) is 19.4 Å². The van der Waals surface area contributed by atoms with Crippen LogP contribution < -0.4 is 0 Å². The molecule has 11 heteroatoms. The number of carbonyl (C=O) groups excluding carboxylic acids is 1. The summed E-state index contributed by atoms with van der Waals surface area (Å²) in [6, 6.07) is 11.3. The van der Waals surface area contributed by atoms with Gasteiger partial charge in [-0.1, -0.05) is 41.6 Å². The number of carbonyl (C=O) groups is 1. The maximum absolute atomic E-state index is 13.9. The first kappa shape index (κ1) is 23.4. The molecule has 0 spiro atoms. The number of thioether (sulfide) groups is 1. The molecule has 0 aliphatic carbocycles. The van der Waals surface area contributed by atoms with Crippen LogP contribution in [0, 0.1) is 19.7 Å². The second-order valence-corrected chi connectivity index (χ2v) is 10.5. The third-order valence-electron chi connectivity index (χ3n) is 5.37. The smallest absolute Gasteiger partial charge is 0.277 e. The third kappa shape index (κ3) is 5.10. The van der Waals surface area contributed by atoms with Crippen LogP contribution in [0.1, 0.15) is 11.1 Å². The lowest BCUT2D eigenvalue weighted by Crippen LogP contribution is -2.51. The molecule has 0 N–H and O–H groups in total. The van der Waals surface area contributed by atoms with Gasteiger partial charge in [0.25, 0.3) is 11.1 Å². The van der Waals surface area contributed by atoms with Gasteiger partial charge in [-0.2, -0.15) is 4.31 Å². The van der Waals surface area contributed by atoms with Crippen LogP contribution in [-0.2, 0) is 14.8 Å². The monoisotopic (exact) mass is 490 g/mol. The summed E-state index contributed by atoms with van der Waals surface area (Å²) in [5.41, 5.74) is 1.91. The number of piperazine rings is 1. The number of benzene rings is 2. The van der Waals surface area contributed by atoms with Gasteiger partial charge in [-0.15, -0.1) is 10.2 Å². The van der Waals surface area contributed by atoms with E-state index in [-0.39, 0.29) is 41.4 Å². The van der Waals surface area contributed by atoms with Gasteiger partial charge in [-0.3, -0.25) is 4.79 Å². The van der Waals surface area contributed by atoms with E-state index in [0.717, 1.165) is 17.3 Å². The summed E-state index contributed by atoms with van der Waals surface area (Å²) >= 11 is 1.06. The van der Waals surface area contributed by atoms with Crippen molar-refractivity contribution in [3.8, 4) is 11.5 Å². The molecule has 1 amide bonds. The lowest BCUT2D eigenvalue weighted by molar-refractivity contribution is -0.129. The molecule has 0 atom stereocenters. The van der Waals surface area contributed by atoms with Crippen LogP contribution in [0.4, 0.5) is 4.39 Å². The van der Waals surface area contributed by atoms with E-state index in [9.17, 15) is 17.6 Å². The zero-order valence-electron chi connectivity index (χ0n) is 18.2. The Hall–Kier alpha value is -2.76. The summed E-state index contributed by atoms with van der Waals surface area (Å²) in [5.74, 6) is -0.521. The van der Waals surface area contributed by atoms with Crippen LogP contribution in [0.5, 0.6) is 0 Å². The molecule has 1 aliphatic heterocycles. The second kappa shape index (κ2) is 9.62. The van der Waals surface area contributed by atoms with E-state index in [4.69, 9.17) is 4.42 Å². The van der Waals surface area contributed by atoms with Crippen molar-refractivity contribution >= 4 is 27.7 Å². The molecule has 1 saturated heterocycles. The molecule has 4 rings (SSSR count). The number of amides is 1. The Kier molecular flexibility index (Phi) is 6.82. The molecule has 33 heavy (non-hydrogen) atoms.